The third-order valence-corrected chi connectivity index (χ3v) is 4.71. The number of guanidine groups is 1. The van der Waals surface area contributed by atoms with Gasteiger partial charge in [0.05, 0.1) is 0 Å². The van der Waals surface area contributed by atoms with Gasteiger partial charge in [-0.1, -0.05) is 18.2 Å². The normalized spacial score (nSPS) is 14.9. The highest BCUT2D eigenvalue weighted by Crippen LogP contribution is 2.13. The van der Waals surface area contributed by atoms with Crippen LogP contribution >= 0.6 is 0 Å². The van der Waals surface area contributed by atoms with Gasteiger partial charge in [-0.3, -0.25) is 19.5 Å². The molecule has 0 spiro atoms. The Kier molecular flexibility index (Phi) is 9.31. The fraction of sp³-hybridized carbons (Fsp3) is 0.571. The number of amides is 2. The highest BCUT2D eigenvalue weighted by molar-refractivity contribution is 5.97. The van der Waals surface area contributed by atoms with Crippen LogP contribution in [0.1, 0.15) is 39.5 Å². The van der Waals surface area contributed by atoms with Gasteiger partial charge >= 0.3 is 0 Å². The maximum Gasteiger partial charge on any atom is 0.229 e. The van der Waals surface area contributed by atoms with Crippen LogP contribution in [0.5, 0.6) is 0 Å². The Morgan fingerprint density at radius 3 is 2.46 bits per heavy atom. The summed E-state index contributed by atoms with van der Waals surface area (Å²) in [6.45, 7) is 8.45. The van der Waals surface area contributed by atoms with Crippen LogP contribution in [0, 0.1) is 0 Å². The number of carbonyl (C=O) groups excluding carboxylic acids is 2. The lowest BCUT2D eigenvalue weighted by atomic mass is 10.1. The molecule has 7 heteroatoms. The zero-order valence-corrected chi connectivity index (χ0v) is 17.1. The number of likely N-dealkylation sites (tertiary alicyclic amines) is 1. The molecule has 1 heterocycles. The summed E-state index contributed by atoms with van der Waals surface area (Å²) in [6, 6.07) is 10.4. The number of imide groups is 1. The summed E-state index contributed by atoms with van der Waals surface area (Å²) < 4.78 is 0. The molecule has 0 bridgehead atoms. The number of benzene rings is 1. The first-order valence-electron chi connectivity index (χ1n) is 10.3. The minimum absolute atomic E-state index is 0.0689. The van der Waals surface area contributed by atoms with Crippen molar-refractivity contribution >= 4 is 23.5 Å². The molecule has 7 nitrogen and oxygen atoms in total. The Labute approximate surface area is 168 Å². The molecule has 1 aromatic rings. The first kappa shape index (κ1) is 21.7. The highest BCUT2D eigenvalue weighted by atomic mass is 16.2. The van der Waals surface area contributed by atoms with E-state index in [4.69, 9.17) is 0 Å². The second-order valence-corrected chi connectivity index (χ2v) is 6.75. The van der Waals surface area contributed by atoms with Gasteiger partial charge in [0.2, 0.25) is 11.8 Å². The van der Waals surface area contributed by atoms with Gasteiger partial charge in [0, 0.05) is 57.8 Å². The van der Waals surface area contributed by atoms with Gasteiger partial charge in [0.25, 0.3) is 0 Å². The lowest BCUT2D eigenvalue weighted by molar-refractivity contribution is -0.147. The third kappa shape index (κ3) is 6.87. The Bertz CT molecular complexity index is 631. The Morgan fingerprint density at radius 2 is 1.82 bits per heavy atom. The largest absolute Gasteiger partial charge is 0.372 e. The number of aliphatic imine (C=N–C) groups is 1. The standard InChI is InChI=1S/C21H33N5O2/c1-3-22-21(24-15-17-26-19(27)12-8-13-20(26)28)23-14-9-16-25(4-2)18-10-6-5-7-11-18/h5-7,10-11H,3-4,8-9,12-17H2,1-2H3,(H2,22,23,24). The highest BCUT2D eigenvalue weighted by Gasteiger charge is 2.25. The summed E-state index contributed by atoms with van der Waals surface area (Å²) in [5, 5.41) is 6.44. The molecule has 2 amide bonds. The second-order valence-electron chi connectivity index (χ2n) is 6.75. The van der Waals surface area contributed by atoms with Crippen molar-refractivity contribution in [3.8, 4) is 0 Å². The molecule has 0 saturated carbocycles. The van der Waals surface area contributed by atoms with E-state index < -0.39 is 0 Å². The van der Waals surface area contributed by atoms with E-state index in [9.17, 15) is 9.59 Å². The molecule has 0 atom stereocenters. The van der Waals surface area contributed by atoms with Crippen LogP contribution in [0.2, 0.25) is 0 Å². The van der Waals surface area contributed by atoms with Gasteiger partial charge in [-0.2, -0.15) is 0 Å². The minimum atomic E-state index is -0.0689. The van der Waals surface area contributed by atoms with Crippen LogP contribution in [0.25, 0.3) is 0 Å². The van der Waals surface area contributed by atoms with E-state index in [1.54, 1.807) is 0 Å². The number of carbonyl (C=O) groups is 2. The summed E-state index contributed by atoms with van der Waals surface area (Å²) >= 11 is 0. The van der Waals surface area contributed by atoms with E-state index >= 15 is 0 Å². The van der Waals surface area contributed by atoms with Crippen LogP contribution < -0.4 is 15.5 Å². The van der Waals surface area contributed by atoms with Crippen molar-refractivity contribution in [1.82, 2.24) is 15.5 Å². The summed E-state index contributed by atoms with van der Waals surface area (Å²) in [5.74, 6) is 0.586. The van der Waals surface area contributed by atoms with E-state index in [0.717, 1.165) is 32.0 Å². The van der Waals surface area contributed by atoms with Gasteiger partial charge in [-0.05, 0) is 38.8 Å². The van der Waals surface area contributed by atoms with Crippen LogP contribution in [0.4, 0.5) is 5.69 Å². The number of para-hydroxylation sites is 1. The predicted molar refractivity (Wildman–Crippen MR) is 113 cm³/mol. The Morgan fingerprint density at radius 1 is 1.11 bits per heavy atom. The topological polar surface area (TPSA) is 77.0 Å². The van der Waals surface area contributed by atoms with Crippen molar-refractivity contribution < 1.29 is 9.59 Å². The van der Waals surface area contributed by atoms with Crippen LogP contribution in [-0.2, 0) is 9.59 Å². The molecule has 1 aliphatic heterocycles. The van der Waals surface area contributed by atoms with E-state index in [2.05, 4.69) is 51.7 Å². The minimum Gasteiger partial charge on any atom is -0.372 e. The van der Waals surface area contributed by atoms with E-state index in [0.29, 0.717) is 38.9 Å². The zero-order chi connectivity index (χ0) is 20.2. The number of nitrogens with one attached hydrogen (secondary N) is 2. The van der Waals surface area contributed by atoms with E-state index in [-0.39, 0.29) is 11.8 Å². The van der Waals surface area contributed by atoms with Crippen molar-refractivity contribution in [3.63, 3.8) is 0 Å². The fourth-order valence-electron chi connectivity index (χ4n) is 3.24. The first-order valence-corrected chi connectivity index (χ1v) is 10.3. The molecule has 0 unspecified atom stereocenters. The zero-order valence-electron chi connectivity index (χ0n) is 17.1. The molecule has 1 fully saturated rings. The van der Waals surface area contributed by atoms with Crippen molar-refractivity contribution in [2.45, 2.75) is 39.5 Å². The molecule has 1 aromatic carbocycles. The molecular weight excluding hydrogens is 354 g/mol. The average molecular weight is 388 g/mol. The van der Waals surface area contributed by atoms with E-state index in [1.165, 1.54) is 10.6 Å². The molecule has 2 rings (SSSR count). The van der Waals surface area contributed by atoms with Crippen LogP contribution in [0.3, 0.4) is 0 Å². The summed E-state index contributed by atoms with van der Waals surface area (Å²) in [5.41, 5.74) is 1.23. The monoisotopic (exact) mass is 387 g/mol. The molecule has 154 valence electrons. The van der Waals surface area contributed by atoms with Gasteiger partial charge in [0.15, 0.2) is 5.96 Å². The van der Waals surface area contributed by atoms with Crippen molar-refractivity contribution in [2.75, 3.05) is 44.2 Å². The molecule has 1 saturated heterocycles. The number of hydrogen-bond donors (Lipinski definition) is 2. The third-order valence-electron chi connectivity index (χ3n) is 4.71. The number of hydrogen-bond acceptors (Lipinski definition) is 4. The lowest BCUT2D eigenvalue weighted by Gasteiger charge is -2.25. The van der Waals surface area contributed by atoms with Crippen LogP contribution in [-0.4, -0.2) is 61.9 Å². The van der Waals surface area contributed by atoms with Crippen molar-refractivity contribution in [1.29, 1.82) is 0 Å². The summed E-state index contributed by atoms with van der Waals surface area (Å²) in [7, 11) is 0. The fourth-order valence-corrected chi connectivity index (χ4v) is 3.24. The van der Waals surface area contributed by atoms with Gasteiger partial charge in [-0.25, -0.2) is 0 Å². The number of nitrogens with zero attached hydrogens (tertiary/aromatic N) is 3. The Hall–Kier alpha value is -2.57. The van der Waals surface area contributed by atoms with Gasteiger partial charge in [0.1, 0.15) is 0 Å². The SMILES string of the molecule is CCNC(=NCCCN(CC)c1ccccc1)NCCN1C(=O)CCCC1=O. The van der Waals surface area contributed by atoms with Gasteiger partial charge in [-0.15, -0.1) is 0 Å². The van der Waals surface area contributed by atoms with Gasteiger partial charge < -0.3 is 15.5 Å². The molecule has 1 aliphatic rings. The van der Waals surface area contributed by atoms with Crippen molar-refractivity contribution in [2.24, 2.45) is 4.99 Å². The molecule has 28 heavy (non-hydrogen) atoms. The molecular formula is C21H33N5O2. The first-order chi connectivity index (χ1) is 13.7. The maximum atomic E-state index is 11.9. The number of piperidine rings is 1. The molecule has 2 N–H and O–H groups in total. The molecule has 0 aromatic heterocycles. The quantitative estimate of drug-likeness (QED) is 0.278. The Balaban J connectivity index is 1.76. The van der Waals surface area contributed by atoms with Crippen LogP contribution in [0.15, 0.2) is 35.3 Å². The number of rotatable bonds is 10. The predicted octanol–water partition coefficient (Wildman–Crippen LogP) is 2.00. The average Bonchev–Trinajstić information content (AvgIpc) is 2.71. The summed E-state index contributed by atoms with van der Waals surface area (Å²) in [6.07, 6.45) is 2.55. The van der Waals surface area contributed by atoms with Crippen molar-refractivity contribution in [3.05, 3.63) is 30.3 Å². The number of anilines is 1. The van der Waals surface area contributed by atoms with E-state index in [1.807, 2.05) is 13.0 Å². The smallest absolute Gasteiger partial charge is 0.229 e. The summed E-state index contributed by atoms with van der Waals surface area (Å²) in [4.78, 5) is 32.0. The lowest BCUT2D eigenvalue weighted by Crippen LogP contribution is -2.46. The molecule has 0 aliphatic carbocycles. The molecule has 0 radical (unpaired) electrons. The second kappa shape index (κ2) is 12.0. The maximum absolute atomic E-state index is 11.9.